The highest BCUT2D eigenvalue weighted by Crippen LogP contribution is 2.39. The van der Waals surface area contributed by atoms with Crippen LogP contribution in [0.2, 0.25) is 0 Å². The molecule has 1 unspecified atom stereocenters. The first-order valence-corrected chi connectivity index (χ1v) is 11.4. The van der Waals surface area contributed by atoms with E-state index in [1.807, 2.05) is 30.3 Å². The van der Waals surface area contributed by atoms with E-state index in [1.165, 1.54) is 0 Å². The molecule has 4 nitrogen and oxygen atoms in total. The minimum atomic E-state index is -1.15. The van der Waals surface area contributed by atoms with E-state index < -0.39 is 10.8 Å². The minimum absolute atomic E-state index is 0.0684. The number of hydrogen-bond donors (Lipinski definition) is 2. The smallest absolute Gasteiger partial charge is 0.124 e. The van der Waals surface area contributed by atoms with Gasteiger partial charge in [-0.25, -0.2) is 0 Å². The van der Waals surface area contributed by atoms with E-state index in [-0.39, 0.29) is 18.2 Å². The van der Waals surface area contributed by atoms with Gasteiger partial charge in [0, 0.05) is 21.8 Å². The van der Waals surface area contributed by atoms with Gasteiger partial charge in [-0.05, 0) is 36.1 Å². The van der Waals surface area contributed by atoms with Crippen molar-refractivity contribution in [3.63, 3.8) is 0 Å². The van der Waals surface area contributed by atoms with Gasteiger partial charge in [0.2, 0.25) is 0 Å². The molecule has 0 fully saturated rings. The van der Waals surface area contributed by atoms with Crippen LogP contribution in [0.1, 0.15) is 62.3 Å². The van der Waals surface area contributed by atoms with Crippen LogP contribution in [0, 0.1) is 0 Å². The lowest BCUT2D eigenvalue weighted by molar-refractivity contribution is 0.273. The Morgan fingerprint density at radius 3 is 2.61 bits per heavy atom. The number of fused-ring (bicyclic) bond motifs is 1. The Morgan fingerprint density at radius 1 is 1.25 bits per heavy atom. The summed E-state index contributed by atoms with van der Waals surface area (Å²) in [6.07, 6.45) is 4.12. The maximum absolute atomic E-state index is 13.4. The minimum Gasteiger partial charge on any atom is -0.496 e. The molecule has 0 saturated heterocycles. The Kier molecular flexibility index (Phi) is 6.91. The molecule has 0 radical (unpaired) electrons. The zero-order valence-corrected chi connectivity index (χ0v) is 17.8. The number of nitrogens with one attached hydrogen (secondary N) is 1. The molecule has 2 N–H and O–H groups in total. The van der Waals surface area contributed by atoms with Crippen LogP contribution in [0.15, 0.2) is 47.4 Å². The summed E-state index contributed by atoms with van der Waals surface area (Å²) in [6, 6.07) is 14.1. The molecule has 2 aromatic rings. The van der Waals surface area contributed by atoms with E-state index in [0.29, 0.717) is 17.1 Å². The third-order valence-electron chi connectivity index (χ3n) is 5.82. The molecule has 28 heavy (non-hydrogen) atoms. The molecule has 5 heteroatoms. The van der Waals surface area contributed by atoms with Crippen LogP contribution in [0.5, 0.6) is 5.75 Å². The van der Waals surface area contributed by atoms with E-state index in [9.17, 15) is 9.32 Å². The number of aliphatic hydroxyl groups excluding tert-OH is 1. The SMILES string of the molecule is CCCC[C@]1(CC)CS(=O)c2cc(CO)c(OC)cc2[C@@H](c2ccccc2)N1. The summed E-state index contributed by atoms with van der Waals surface area (Å²) in [5, 5.41) is 13.7. The van der Waals surface area contributed by atoms with Gasteiger partial charge in [-0.15, -0.1) is 0 Å². The van der Waals surface area contributed by atoms with Gasteiger partial charge in [-0.3, -0.25) is 9.53 Å². The Morgan fingerprint density at radius 2 is 2.00 bits per heavy atom. The van der Waals surface area contributed by atoms with Gasteiger partial charge in [-0.1, -0.05) is 57.0 Å². The van der Waals surface area contributed by atoms with Crippen molar-refractivity contribution < 1.29 is 14.1 Å². The lowest BCUT2D eigenvalue weighted by Gasteiger charge is -2.36. The number of benzene rings is 2. The first-order valence-electron chi connectivity index (χ1n) is 10.1. The number of hydrogen-bond acceptors (Lipinski definition) is 4. The lowest BCUT2D eigenvalue weighted by Crippen LogP contribution is -2.49. The van der Waals surface area contributed by atoms with Crippen LogP contribution in [0.3, 0.4) is 0 Å². The predicted molar refractivity (Wildman–Crippen MR) is 114 cm³/mol. The highest BCUT2D eigenvalue weighted by atomic mass is 32.2. The molecule has 3 atom stereocenters. The van der Waals surface area contributed by atoms with Crippen LogP contribution < -0.4 is 10.1 Å². The highest BCUT2D eigenvalue weighted by Gasteiger charge is 2.38. The predicted octanol–water partition coefficient (Wildman–Crippen LogP) is 4.33. The topological polar surface area (TPSA) is 58.6 Å². The second kappa shape index (κ2) is 9.21. The zero-order valence-electron chi connectivity index (χ0n) is 17.0. The molecule has 1 aliphatic rings. The molecule has 152 valence electrons. The average Bonchev–Trinajstić information content (AvgIpc) is 2.86. The molecular weight excluding hydrogens is 370 g/mol. The molecule has 0 bridgehead atoms. The molecule has 1 heterocycles. The summed E-state index contributed by atoms with van der Waals surface area (Å²) in [6.45, 7) is 4.24. The summed E-state index contributed by atoms with van der Waals surface area (Å²) < 4.78 is 19.0. The Bertz CT molecular complexity index is 824. The van der Waals surface area contributed by atoms with E-state index in [1.54, 1.807) is 7.11 Å². The fourth-order valence-corrected chi connectivity index (χ4v) is 5.86. The van der Waals surface area contributed by atoms with Gasteiger partial charge < -0.3 is 9.84 Å². The fourth-order valence-electron chi connectivity index (χ4n) is 4.06. The summed E-state index contributed by atoms with van der Waals surface area (Å²) in [5.74, 6) is 1.22. The van der Waals surface area contributed by atoms with Gasteiger partial charge in [0.1, 0.15) is 5.75 Å². The Hall–Kier alpha value is -1.69. The third kappa shape index (κ3) is 4.17. The third-order valence-corrected chi connectivity index (χ3v) is 7.47. The Balaban J connectivity index is 2.18. The second-order valence-corrected chi connectivity index (χ2v) is 8.99. The monoisotopic (exact) mass is 401 g/mol. The lowest BCUT2D eigenvalue weighted by atomic mass is 9.88. The molecule has 0 aromatic heterocycles. The van der Waals surface area contributed by atoms with Crippen molar-refractivity contribution in [2.75, 3.05) is 12.9 Å². The van der Waals surface area contributed by atoms with Crippen molar-refractivity contribution in [2.24, 2.45) is 0 Å². The first kappa shape index (κ1) is 21.0. The van der Waals surface area contributed by atoms with E-state index in [0.717, 1.165) is 41.7 Å². The molecule has 0 saturated carbocycles. The molecule has 0 amide bonds. The van der Waals surface area contributed by atoms with E-state index in [4.69, 9.17) is 4.74 Å². The standard InChI is InChI=1S/C23H31NO3S/c1-4-6-12-23(5-2)16-28(26)21-13-18(15-25)20(27-3)14-19(21)22(24-23)17-10-8-7-9-11-17/h7-11,13-14,22,24-25H,4-6,12,15-16H2,1-3H3/t22-,23-,28?/m1/s1. The maximum Gasteiger partial charge on any atom is 0.124 e. The molecular formula is C23H31NO3S. The zero-order chi connectivity index (χ0) is 20.1. The normalized spacial score (nSPS) is 24.4. The van der Waals surface area contributed by atoms with Gasteiger partial charge in [0.05, 0.1) is 30.6 Å². The van der Waals surface area contributed by atoms with Crippen LogP contribution in [-0.4, -0.2) is 27.7 Å². The molecule has 0 spiro atoms. The van der Waals surface area contributed by atoms with Gasteiger partial charge in [0.25, 0.3) is 0 Å². The molecule has 2 aromatic carbocycles. The quantitative estimate of drug-likeness (QED) is 0.725. The van der Waals surface area contributed by atoms with Crippen molar-refractivity contribution in [2.45, 2.75) is 62.6 Å². The summed E-state index contributed by atoms with van der Waals surface area (Å²) in [4.78, 5) is 0.804. The number of rotatable bonds is 7. The molecule has 0 aliphatic carbocycles. The fraction of sp³-hybridized carbons (Fsp3) is 0.478. The van der Waals surface area contributed by atoms with Crippen molar-refractivity contribution in [1.29, 1.82) is 0 Å². The van der Waals surface area contributed by atoms with Gasteiger partial charge in [-0.2, -0.15) is 0 Å². The molecule has 3 rings (SSSR count). The average molecular weight is 402 g/mol. The van der Waals surface area contributed by atoms with Gasteiger partial charge in [0.15, 0.2) is 0 Å². The van der Waals surface area contributed by atoms with Crippen LogP contribution in [0.25, 0.3) is 0 Å². The van der Waals surface area contributed by atoms with Crippen molar-refractivity contribution >= 4 is 10.8 Å². The van der Waals surface area contributed by atoms with Gasteiger partial charge >= 0.3 is 0 Å². The van der Waals surface area contributed by atoms with Crippen LogP contribution >= 0.6 is 0 Å². The number of unbranched alkanes of at least 4 members (excludes halogenated alkanes) is 1. The van der Waals surface area contributed by atoms with Crippen molar-refractivity contribution in [1.82, 2.24) is 5.32 Å². The first-order chi connectivity index (χ1) is 13.6. The highest BCUT2D eigenvalue weighted by molar-refractivity contribution is 7.85. The Labute approximate surface area is 170 Å². The summed E-state index contributed by atoms with van der Waals surface area (Å²) in [7, 11) is 0.457. The van der Waals surface area contributed by atoms with Crippen LogP contribution in [0.4, 0.5) is 0 Å². The maximum atomic E-state index is 13.4. The van der Waals surface area contributed by atoms with E-state index in [2.05, 4.69) is 31.3 Å². The largest absolute Gasteiger partial charge is 0.496 e. The van der Waals surface area contributed by atoms with Crippen molar-refractivity contribution in [3.05, 3.63) is 59.2 Å². The van der Waals surface area contributed by atoms with Crippen LogP contribution in [-0.2, 0) is 17.4 Å². The summed E-state index contributed by atoms with van der Waals surface area (Å²) >= 11 is 0. The summed E-state index contributed by atoms with van der Waals surface area (Å²) in [5.41, 5.74) is 2.62. The number of ether oxygens (including phenoxy) is 1. The van der Waals surface area contributed by atoms with Crippen molar-refractivity contribution in [3.8, 4) is 5.75 Å². The molecule has 1 aliphatic heterocycles. The second-order valence-electron chi connectivity index (χ2n) is 7.58. The number of aliphatic hydroxyl groups is 1. The number of methoxy groups -OCH3 is 1. The van der Waals surface area contributed by atoms with E-state index >= 15 is 0 Å².